The molecule has 2 fully saturated rings. The summed E-state index contributed by atoms with van der Waals surface area (Å²) in [6.45, 7) is 12.1. The minimum absolute atomic E-state index is 0.195. The van der Waals surface area contributed by atoms with Gasteiger partial charge in [0.25, 0.3) is 0 Å². The number of ether oxygens (including phenoxy) is 1. The van der Waals surface area contributed by atoms with Gasteiger partial charge in [0, 0.05) is 51.9 Å². The normalized spacial score (nSPS) is 20.0. The van der Waals surface area contributed by atoms with Crippen LogP contribution in [0.25, 0.3) is 0 Å². The molecule has 0 saturated carbocycles. The summed E-state index contributed by atoms with van der Waals surface area (Å²) in [6.07, 6.45) is 3.62. The minimum Gasteiger partial charge on any atom is -0.444 e. The molecule has 0 unspecified atom stereocenters. The monoisotopic (exact) mass is 395 g/mol. The van der Waals surface area contributed by atoms with Crippen LogP contribution in [0.5, 0.6) is 0 Å². The summed E-state index contributed by atoms with van der Waals surface area (Å²) < 4.78 is 5.47. The van der Waals surface area contributed by atoms with Crippen molar-refractivity contribution in [3.8, 4) is 0 Å². The molecule has 7 nitrogen and oxygen atoms in total. The van der Waals surface area contributed by atoms with Crippen molar-refractivity contribution in [2.45, 2.75) is 39.2 Å². The molecule has 3 rings (SSSR count). The fourth-order valence-corrected chi connectivity index (χ4v) is 3.79. The predicted molar refractivity (Wildman–Crippen MR) is 106 cm³/mol. The van der Waals surface area contributed by atoms with Gasteiger partial charge in [-0.15, -0.1) is 0 Å². The quantitative estimate of drug-likeness (QED) is 0.733. The Morgan fingerprint density at radius 1 is 1.15 bits per heavy atom. The Balaban J connectivity index is 1.40. The Hall–Kier alpha value is -1.60. The van der Waals surface area contributed by atoms with E-state index in [1.165, 1.54) is 6.33 Å². The molecule has 0 atom stereocenters. The standard InChI is InChI=1S/C19H30ClN5O2/c1-19(2,3)27-18(26)25-10-8-23(9-11-25)13-15-4-6-24(7-5-15)17-12-16(20)21-14-22-17/h12,14-15H,4-11,13H2,1-3H3. The zero-order valence-corrected chi connectivity index (χ0v) is 17.3. The number of carbonyl (C=O) groups is 1. The lowest BCUT2D eigenvalue weighted by Crippen LogP contribution is -2.51. The van der Waals surface area contributed by atoms with Gasteiger partial charge >= 0.3 is 6.09 Å². The summed E-state index contributed by atoms with van der Waals surface area (Å²) in [7, 11) is 0. The van der Waals surface area contributed by atoms with E-state index in [2.05, 4.69) is 19.8 Å². The fourth-order valence-electron chi connectivity index (χ4n) is 3.65. The molecule has 1 amide bonds. The van der Waals surface area contributed by atoms with Gasteiger partial charge in [0.05, 0.1) is 0 Å². The number of aromatic nitrogens is 2. The molecular formula is C19H30ClN5O2. The molecule has 150 valence electrons. The second-order valence-corrected chi connectivity index (χ2v) is 8.78. The first kappa shape index (κ1) is 20.1. The molecule has 1 aromatic rings. The Labute approximate surface area is 166 Å². The minimum atomic E-state index is -0.434. The van der Waals surface area contributed by atoms with Gasteiger partial charge in [-0.2, -0.15) is 0 Å². The van der Waals surface area contributed by atoms with Crippen molar-refractivity contribution in [1.82, 2.24) is 19.8 Å². The van der Waals surface area contributed by atoms with Crippen LogP contribution in [0.4, 0.5) is 10.6 Å². The number of nitrogens with zero attached hydrogens (tertiary/aromatic N) is 5. The molecule has 0 aliphatic carbocycles. The lowest BCUT2D eigenvalue weighted by molar-refractivity contribution is 0.0130. The Kier molecular flexibility index (Phi) is 6.42. The number of amides is 1. The van der Waals surface area contributed by atoms with Crippen LogP contribution in [-0.2, 0) is 4.74 Å². The highest BCUT2D eigenvalue weighted by atomic mass is 35.5. The average Bonchev–Trinajstić information content (AvgIpc) is 2.61. The Morgan fingerprint density at radius 3 is 2.41 bits per heavy atom. The first-order valence-electron chi connectivity index (χ1n) is 9.73. The number of piperidine rings is 1. The second kappa shape index (κ2) is 8.61. The molecule has 0 N–H and O–H groups in total. The second-order valence-electron chi connectivity index (χ2n) is 8.40. The lowest BCUT2D eigenvalue weighted by Gasteiger charge is -2.39. The SMILES string of the molecule is CC(C)(C)OC(=O)N1CCN(CC2CCN(c3cc(Cl)ncn3)CC2)CC1. The van der Waals surface area contributed by atoms with Gasteiger partial charge < -0.3 is 14.5 Å². The maximum Gasteiger partial charge on any atom is 0.410 e. The number of rotatable bonds is 3. The van der Waals surface area contributed by atoms with E-state index in [9.17, 15) is 4.79 Å². The van der Waals surface area contributed by atoms with Crippen LogP contribution in [0.1, 0.15) is 33.6 Å². The molecular weight excluding hydrogens is 366 g/mol. The number of anilines is 1. The lowest BCUT2D eigenvalue weighted by atomic mass is 9.96. The van der Waals surface area contributed by atoms with Gasteiger partial charge in [-0.05, 0) is 39.5 Å². The average molecular weight is 396 g/mol. The van der Waals surface area contributed by atoms with E-state index < -0.39 is 5.60 Å². The molecule has 1 aromatic heterocycles. The van der Waals surface area contributed by atoms with Crippen molar-refractivity contribution < 1.29 is 9.53 Å². The molecule has 2 aliphatic rings. The molecule has 3 heterocycles. The summed E-state index contributed by atoms with van der Waals surface area (Å²) in [6, 6.07) is 1.83. The molecule has 0 bridgehead atoms. The number of carbonyl (C=O) groups excluding carboxylic acids is 1. The topological polar surface area (TPSA) is 61.8 Å². The molecule has 0 spiro atoms. The molecule has 2 saturated heterocycles. The van der Waals surface area contributed by atoms with Gasteiger partial charge in [0.15, 0.2) is 0 Å². The number of hydrogen-bond acceptors (Lipinski definition) is 6. The van der Waals surface area contributed by atoms with Gasteiger partial charge in [-0.25, -0.2) is 14.8 Å². The van der Waals surface area contributed by atoms with E-state index in [-0.39, 0.29) is 6.09 Å². The summed E-state index contributed by atoms with van der Waals surface area (Å²) in [5.74, 6) is 1.60. The summed E-state index contributed by atoms with van der Waals surface area (Å²) in [5, 5.41) is 0.491. The van der Waals surface area contributed by atoms with E-state index in [1.807, 2.05) is 31.7 Å². The summed E-state index contributed by atoms with van der Waals surface area (Å²) in [5.41, 5.74) is -0.434. The Morgan fingerprint density at radius 2 is 1.81 bits per heavy atom. The van der Waals surface area contributed by atoms with Crippen molar-refractivity contribution >= 4 is 23.5 Å². The highest BCUT2D eigenvalue weighted by Gasteiger charge is 2.28. The van der Waals surface area contributed by atoms with Crippen LogP contribution in [0.2, 0.25) is 5.15 Å². The largest absolute Gasteiger partial charge is 0.444 e. The third kappa shape index (κ3) is 5.94. The summed E-state index contributed by atoms with van der Waals surface area (Å²) >= 11 is 5.97. The van der Waals surface area contributed by atoms with Crippen LogP contribution in [0, 0.1) is 5.92 Å². The van der Waals surface area contributed by atoms with Crippen LogP contribution in [0.15, 0.2) is 12.4 Å². The maximum atomic E-state index is 12.2. The zero-order valence-electron chi connectivity index (χ0n) is 16.5. The van der Waals surface area contributed by atoms with E-state index in [0.29, 0.717) is 11.1 Å². The van der Waals surface area contributed by atoms with Gasteiger partial charge in [-0.1, -0.05) is 11.6 Å². The maximum absolute atomic E-state index is 12.2. The molecule has 0 aromatic carbocycles. The van der Waals surface area contributed by atoms with E-state index in [1.54, 1.807) is 0 Å². The highest BCUT2D eigenvalue weighted by molar-refractivity contribution is 6.29. The molecule has 27 heavy (non-hydrogen) atoms. The fraction of sp³-hybridized carbons (Fsp3) is 0.737. The highest BCUT2D eigenvalue weighted by Crippen LogP contribution is 2.24. The first-order valence-corrected chi connectivity index (χ1v) is 10.1. The van der Waals surface area contributed by atoms with E-state index in [4.69, 9.17) is 16.3 Å². The number of halogens is 1. The van der Waals surface area contributed by atoms with Crippen molar-refractivity contribution in [2.24, 2.45) is 5.92 Å². The van der Waals surface area contributed by atoms with E-state index >= 15 is 0 Å². The summed E-state index contributed by atoms with van der Waals surface area (Å²) in [4.78, 5) is 27.0. The van der Waals surface area contributed by atoms with Gasteiger partial charge in [0.1, 0.15) is 22.9 Å². The third-order valence-electron chi connectivity index (χ3n) is 5.10. The third-order valence-corrected chi connectivity index (χ3v) is 5.30. The van der Waals surface area contributed by atoms with Gasteiger partial charge in [-0.3, -0.25) is 4.90 Å². The van der Waals surface area contributed by atoms with Crippen LogP contribution in [-0.4, -0.2) is 77.3 Å². The predicted octanol–water partition coefficient (Wildman–Crippen LogP) is 2.90. The van der Waals surface area contributed by atoms with Crippen molar-refractivity contribution in [3.63, 3.8) is 0 Å². The number of piperazine rings is 1. The van der Waals surface area contributed by atoms with Crippen molar-refractivity contribution in [2.75, 3.05) is 50.7 Å². The van der Waals surface area contributed by atoms with Crippen LogP contribution in [0.3, 0.4) is 0 Å². The molecule has 8 heteroatoms. The smallest absolute Gasteiger partial charge is 0.410 e. The molecule has 2 aliphatic heterocycles. The zero-order chi connectivity index (χ0) is 19.4. The molecule has 0 radical (unpaired) electrons. The Bertz CT molecular complexity index is 635. The van der Waals surface area contributed by atoms with Gasteiger partial charge in [0.2, 0.25) is 0 Å². The van der Waals surface area contributed by atoms with E-state index in [0.717, 1.165) is 64.5 Å². The number of hydrogen-bond donors (Lipinski definition) is 0. The van der Waals surface area contributed by atoms with Crippen LogP contribution < -0.4 is 4.90 Å². The van der Waals surface area contributed by atoms with Crippen LogP contribution >= 0.6 is 11.6 Å². The van der Waals surface area contributed by atoms with Crippen molar-refractivity contribution in [3.05, 3.63) is 17.5 Å². The van der Waals surface area contributed by atoms with Crippen molar-refractivity contribution in [1.29, 1.82) is 0 Å². The first-order chi connectivity index (χ1) is 12.8.